The minimum absolute atomic E-state index is 0.0578. The quantitative estimate of drug-likeness (QED) is 0.621. The van der Waals surface area contributed by atoms with Crippen molar-refractivity contribution in [3.63, 3.8) is 0 Å². The van der Waals surface area contributed by atoms with Crippen LogP contribution in [-0.4, -0.2) is 53.0 Å². The summed E-state index contributed by atoms with van der Waals surface area (Å²) in [5.74, 6) is -1.37. The molecule has 0 aromatic heterocycles. The van der Waals surface area contributed by atoms with Crippen LogP contribution in [0.2, 0.25) is 0 Å². The molecular formula is C19H32N2O6. The lowest BCUT2D eigenvalue weighted by atomic mass is 9.87. The van der Waals surface area contributed by atoms with Gasteiger partial charge in [-0.3, -0.25) is 4.79 Å². The van der Waals surface area contributed by atoms with Gasteiger partial charge >= 0.3 is 12.1 Å². The molecule has 0 fully saturated rings. The first-order chi connectivity index (χ1) is 12.5. The second-order valence-corrected chi connectivity index (χ2v) is 7.72. The highest BCUT2D eigenvalue weighted by Crippen LogP contribution is 2.25. The summed E-state index contributed by atoms with van der Waals surface area (Å²) in [6, 6.07) is -1.27. The maximum atomic E-state index is 12.2. The predicted molar refractivity (Wildman–Crippen MR) is 100 cm³/mol. The van der Waals surface area contributed by atoms with Gasteiger partial charge in [0.1, 0.15) is 5.60 Å². The van der Waals surface area contributed by atoms with Gasteiger partial charge in [-0.1, -0.05) is 13.8 Å². The fourth-order valence-electron chi connectivity index (χ4n) is 2.97. The first kappa shape index (κ1) is 23.0. The van der Waals surface area contributed by atoms with Crippen molar-refractivity contribution in [2.45, 2.75) is 90.7 Å². The second-order valence-electron chi connectivity index (χ2n) is 7.72. The predicted octanol–water partition coefficient (Wildman–Crippen LogP) is 2.37. The molecule has 0 radical (unpaired) electrons. The Labute approximate surface area is 160 Å². The minimum Gasteiger partial charge on any atom is -0.478 e. The average Bonchev–Trinajstić information content (AvgIpc) is 2.52. The summed E-state index contributed by atoms with van der Waals surface area (Å²) in [5.41, 5.74) is -0.562. The molecule has 27 heavy (non-hydrogen) atoms. The van der Waals surface area contributed by atoms with Crippen LogP contribution in [0.15, 0.2) is 11.6 Å². The van der Waals surface area contributed by atoms with Crippen molar-refractivity contribution >= 4 is 18.0 Å². The normalized spacial score (nSPS) is 22.8. The van der Waals surface area contributed by atoms with Gasteiger partial charge in [0.05, 0.1) is 24.3 Å². The van der Waals surface area contributed by atoms with E-state index < -0.39 is 35.9 Å². The van der Waals surface area contributed by atoms with E-state index in [1.165, 1.54) is 13.0 Å². The highest BCUT2D eigenvalue weighted by atomic mass is 16.6. The maximum absolute atomic E-state index is 12.2. The zero-order chi connectivity index (χ0) is 20.8. The third-order valence-electron chi connectivity index (χ3n) is 4.20. The van der Waals surface area contributed by atoms with Crippen LogP contribution in [0.3, 0.4) is 0 Å². The molecule has 3 atom stereocenters. The number of amides is 2. The summed E-state index contributed by atoms with van der Waals surface area (Å²) < 4.78 is 11.3. The van der Waals surface area contributed by atoms with E-state index in [0.29, 0.717) is 0 Å². The van der Waals surface area contributed by atoms with Gasteiger partial charge < -0.3 is 25.2 Å². The van der Waals surface area contributed by atoms with E-state index in [1.807, 2.05) is 13.8 Å². The number of carboxylic acids is 1. The number of hydrogen-bond acceptors (Lipinski definition) is 5. The number of carboxylic acid groups (broad SMARTS) is 1. The van der Waals surface area contributed by atoms with Gasteiger partial charge in [0.25, 0.3) is 0 Å². The van der Waals surface area contributed by atoms with Crippen LogP contribution in [0.25, 0.3) is 0 Å². The van der Waals surface area contributed by atoms with E-state index in [2.05, 4.69) is 10.6 Å². The molecule has 0 heterocycles. The van der Waals surface area contributed by atoms with Gasteiger partial charge in [-0.2, -0.15) is 0 Å². The number of aliphatic carboxylic acids is 1. The molecule has 8 heteroatoms. The average molecular weight is 384 g/mol. The van der Waals surface area contributed by atoms with Crippen molar-refractivity contribution in [2.75, 3.05) is 0 Å². The summed E-state index contributed by atoms with van der Waals surface area (Å²) in [4.78, 5) is 35.5. The van der Waals surface area contributed by atoms with E-state index in [0.717, 1.165) is 12.8 Å². The van der Waals surface area contributed by atoms with Crippen molar-refractivity contribution in [3.05, 3.63) is 11.6 Å². The number of rotatable bonds is 7. The number of alkyl carbamates (subject to hydrolysis) is 1. The zero-order valence-corrected chi connectivity index (χ0v) is 17.0. The second kappa shape index (κ2) is 9.73. The van der Waals surface area contributed by atoms with Crippen molar-refractivity contribution in [1.29, 1.82) is 0 Å². The zero-order valence-electron chi connectivity index (χ0n) is 17.0. The van der Waals surface area contributed by atoms with E-state index in [1.54, 1.807) is 20.8 Å². The Kier molecular flexibility index (Phi) is 8.27. The Balaban J connectivity index is 3.13. The van der Waals surface area contributed by atoms with Gasteiger partial charge in [0.2, 0.25) is 5.91 Å². The molecule has 8 nitrogen and oxygen atoms in total. The van der Waals surface area contributed by atoms with Crippen molar-refractivity contribution in [3.8, 4) is 0 Å². The van der Waals surface area contributed by atoms with Crippen LogP contribution in [0.4, 0.5) is 4.79 Å². The number of hydrogen-bond donors (Lipinski definition) is 3. The topological polar surface area (TPSA) is 114 Å². The first-order valence-corrected chi connectivity index (χ1v) is 9.32. The molecule has 1 aliphatic carbocycles. The summed E-state index contributed by atoms with van der Waals surface area (Å²) in [6.45, 7) is 10.5. The molecule has 0 saturated carbocycles. The Morgan fingerprint density at radius 1 is 1.22 bits per heavy atom. The molecule has 0 aliphatic heterocycles. The van der Waals surface area contributed by atoms with Gasteiger partial charge in [0, 0.05) is 18.9 Å². The van der Waals surface area contributed by atoms with Gasteiger partial charge in [0.15, 0.2) is 0 Å². The minimum atomic E-state index is -1.08. The first-order valence-electron chi connectivity index (χ1n) is 9.32. The largest absolute Gasteiger partial charge is 0.478 e. The summed E-state index contributed by atoms with van der Waals surface area (Å²) in [6.07, 6.45) is 1.66. The van der Waals surface area contributed by atoms with Crippen molar-refractivity contribution < 1.29 is 29.0 Å². The van der Waals surface area contributed by atoms with Crippen LogP contribution < -0.4 is 10.6 Å². The third-order valence-corrected chi connectivity index (χ3v) is 4.20. The molecule has 1 rings (SSSR count). The number of nitrogens with one attached hydrogen (secondary N) is 2. The lowest BCUT2D eigenvalue weighted by Gasteiger charge is -2.38. The molecule has 0 aromatic rings. The van der Waals surface area contributed by atoms with Crippen molar-refractivity contribution in [2.24, 2.45) is 0 Å². The standard InChI is InChI=1S/C19H32N2O6/c1-7-13(8-2)26-15-10-12(17(23)24)9-14(16(15)20-11(3)22)21-18(25)27-19(4,5)6/h10,13-16H,7-9H2,1-6H3,(H,20,22)(H,21,25)(H,23,24)/t14-,15+,16+/m0/s1. The van der Waals surface area contributed by atoms with Crippen LogP contribution in [-0.2, 0) is 19.1 Å². The molecule has 0 unspecified atom stereocenters. The van der Waals surface area contributed by atoms with Crippen LogP contribution >= 0.6 is 0 Å². The number of ether oxygens (including phenoxy) is 2. The monoisotopic (exact) mass is 384 g/mol. The van der Waals surface area contributed by atoms with Gasteiger partial charge in [-0.25, -0.2) is 9.59 Å². The molecule has 0 aromatic carbocycles. The molecule has 1 aliphatic rings. The van der Waals surface area contributed by atoms with Crippen LogP contribution in [0.5, 0.6) is 0 Å². The lowest BCUT2D eigenvalue weighted by molar-refractivity contribution is -0.133. The Hall–Kier alpha value is -2.09. The Bertz CT molecular complexity index is 577. The summed E-state index contributed by atoms with van der Waals surface area (Å²) in [5, 5.41) is 14.9. The smallest absolute Gasteiger partial charge is 0.407 e. The maximum Gasteiger partial charge on any atom is 0.407 e. The Morgan fingerprint density at radius 3 is 2.26 bits per heavy atom. The number of carbonyl (C=O) groups is 3. The highest BCUT2D eigenvalue weighted by molar-refractivity contribution is 5.87. The molecule has 0 spiro atoms. The lowest BCUT2D eigenvalue weighted by Crippen LogP contribution is -2.60. The highest BCUT2D eigenvalue weighted by Gasteiger charge is 2.38. The SMILES string of the molecule is CCC(CC)O[C@@H]1C=C(C(=O)O)C[C@H](NC(=O)OC(C)(C)C)[C@H]1NC(C)=O. The van der Waals surface area contributed by atoms with Crippen LogP contribution in [0.1, 0.15) is 60.8 Å². The molecule has 154 valence electrons. The van der Waals surface area contributed by atoms with E-state index in [4.69, 9.17) is 9.47 Å². The molecule has 0 bridgehead atoms. The Morgan fingerprint density at radius 2 is 1.81 bits per heavy atom. The molecular weight excluding hydrogens is 352 g/mol. The molecule has 3 N–H and O–H groups in total. The fourth-order valence-corrected chi connectivity index (χ4v) is 2.97. The third kappa shape index (κ3) is 7.58. The van der Waals surface area contributed by atoms with E-state index in [-0.39, 0.29) is 24.0 Å². The molecule has 0 saturated heterocycles. The van der Waals surface area contributed by atoms with E-state index in [9.17, 15) is 19.5 Å². The summed E-state index contributed by atoms with van der Waals surface area (Å²) >= 11 is 0. The summed E-state index contributed by atoms with van der Waals surface area (Å²) in [7, 11) is 0. The van der Waals surface area contributed by atoms with E-state index >= 15 is 0 Å². The van der Waals surface area contributed by atoms with Crippen LogP contribution in [0, 0.1) is 0 Å². The number of carbonyl (C=O) groups excluding carboxylic acids is 2. The molecule has 2 amide bonds. The van der Waals surface area contributed by atoms with Crippen molar-refractivity contribution in [1.82, 2.24) is 10.6 Å². The van der Waals surface area contributed by atoms with Gasteiger partial charge in [-0.05, 0) is 39.7 Å². The van der Waals surface area contributed by atoms with Gasteiger partial charge in [-0.15, -0.1) is 0 Å². The fraction of sp³-hybridized carbons (Fsp3) is 0.737.